The van der Waals surface area contributed by atoms with Crippen molar-refractivity contribution in [2.45, 2.75) is 19.3 Å². The number of amides is 1. The Morgan fingerprint density at radius 3 is 2.64 bits per heavy atom. The third-order valence-electron chi connectivity index (χ3n) is 3.11. The van der Waals surface area contributed by atoms with E-state index in [1.54, 1.807) is 24.3 Å². The van der Waals surface area contributed by atoms with E-state index in [9.17, 15) is 9.59 Å². The molecule has 0 atom stereocenters. The summed E-state index contributed by atoms with van der Waals surface area (Å²) in [4.78, 5) is 23.4. The molecule has 0 aliphatic rings. The molecule has 0 fully saturated rings. The van der Waals surface area contributed by atoms with E-state index in [0.29, 0.717) is 23.0 Å². The van der Waals surface area contributed by atoms with Gasteiger partial charge < -0.3 is 9.73 Å². The molecule has 1 aromatic heterocycles. The minimum Gasteiger partial charge on any atom is -0.461 e. The zero-order valence-electron chi connectivity index (χ0n) is 11.8. The maximum atomic E-state index is 11.7. The van der Waals surface area contributed by atoms with Crippen LogP contribution in [0.1, 0.15) is 29.0 Å². The molecule has 6 heteroatoms. The number of ketones is 1. The molecule has 116 valence electrons. The first-order valence-electron chi connectivity index (χ1n) is 6.83. The number of rotatable bonds is 7. The highest BCUT2D eigenvalue weighted by Crippen LogP contribution is 2.21. The Hall–Kier alpha value is -1.78. The van der Waals surface area contributed by atoms with Gasteiger partial charge in [0.1, 0.15) is 0 Å². The Morgan fingerprint density at radius 2 is 1.95 bits per heavy atom. The van der Waals surface area contributed by atoms with Crippen LogP contribution in [0.3, 0.4) is 0 Å². The molecule has 0 saturated carbocycles. The van der Waals surface area contributed by atoms with Crippen LogP contribution in [0.25, 0.3) is 0 Å². The fraction of sp³-hybridized carbons (Fsp3) is 0.250. The minimum atomic E-state index is -0.180. The van der Waals surface area contributed by atoms with Gasteiger partial charge in [-0.25, -0.2) is 0 Å². The van der Waals surface area contributed by atoms with Crippen molar-refractivity contribution < 1.29 is 14.0 Å². The molecule has 0 aliphatic carbocycles. The molecule has 0 bridgehead atoms. The molecule has 1 amide bonds. The Balaban J connectivity index is 1.70. The first-order valence-corrected chi connectivity index (χ1v) is 7.59. The van der Waals surface area contributed by atoms with E-state index < -0.39 is 0 Å². The van der Waals surface area contributed by atoms with Crippen LogP contribution in [0.15, 0.2) is 41.0 Å². The van der Waals surface area contributed by atoms with Crippen molar-refractivity contribution in [3.05, 3.63) is 58.0 Å². The van der Waals surface area contributed by atoms with Gasteiger partial charge in [0.05, 0.1) is 6.26 Å². The SMILES string of the molecule is O=C(CCC(=O)c1ccco1)NCCc1ccc(Cl)cc1Cl. The van der Waals surface area contributed by atoms with Gasteiger partial charge in [0.15, 0.2) is 11.5 Å². The fourth-order valence-corrected chi connectivity index (χ4v) is 2.44. The van der Waals surface area contributed by atoms with E-state index >= 15 is 0 Å². The number of nitrogens with one attached hydrogen (secondary N) is 1. The molecule has 0 aliphatic heterocycles. The summed E-state index contributed by atoms with van der Waals surface area (Å²) in [5.74, 6) is -0.0772. The second-order valence-corrected chi connectivity index (χ2v) is 5.58. The molecule has 1 N–H and O–H groups in total. The molecule has 2 aromatic rings. The van der Waals surface area contributed by atoms with E-state index in [1.807, 2.05) is 6.07 Å². The standard InChI is InChI=1S/C16H15Cl2NO3/c17-12-4-3-11(13(18)10-12)7-8-19-16(21)6-5-14(20)15-2-1-9-22-15/h1-4,9-10H,5-8H2,(H,19,21). The molecule has 1 heterocycles. The van der Waals surface area contributed by atoms with Gasteiger partial charge in [-0.2, -0.15) is 0 Å². The Bertz CT molecular complexity index is 653. The molecule has 0 saturated heterocycles. The Morgan fingerprint density at radius 1 is 1.14 bits per heavy atom. The van der Waals surface area contributed by atoms with Crippen LogP contribution in [0.2, 0.25) is 10.0 Å². The predicted molar refractivity (Wildman–Crippen MR) is 85.4 cm³/mol. The minimum absolute atomic E-state index is 0.126. The van der Waals surface area contributed by atoms with Gasteiger partial charge in [0.25, 0.3) is 0 Å². The molecule has 4 nitrogen and oxygen atoms in total. The number of carbonyl (C=O) groups is 2. The average molecular weight is 340 g/mol. The molecular formula is C16H15Cl2NO3. The fourth-order valence-electron chi connectivity index (χ4n) is 1.94. The largest absolute Gasteiger partial charge is 0.461 e. The quantitative estimate of drug-likeness (QED) is 0.778. The first kappa shape index (κ1) is 16.6. The van der Waals surface area contributed by atoms with Crippen LogP contribution in [0.4, 0.5) is 0 Å². The molecule has 0 radical (unpaired) electrons. The van der Waals surface area contributed by atoms with Crippen LogP contribution < -0.4 is 5.32 Å². The van der Waals surface area contributed by atoms with Crippen LogP contribution in [0, 0.1) is 0 Å². The molecule has 0 spiro atoms. The summed E-state index contributed by atoms with van der Waals surface area (Å²) in [6.07, 6.45) is 2.30. The average Bonchev–Trinajstić information content (AvgIpc) is 3.01. The first-order chi connectivity index (χ1) is 10.6. The van der Waals surface area contributed by atoms with E-state index in [0.717, 1.165) is 5.56 Å². The lowest BCUT2D eigenvalue weighted by Crippen LogP contribution is -2.26. The van der Waals surface area contributed by atoms with Gasteiger partial charge in [-0.15, -0.1) is 0 Å². The molecular weight excluding hydrogens is 325 g/mol. The lowest BCUT2D eigenvalue weighted by molar-refractivity contribution is -0.121. The summed E-state index contributed by atoms with van der Waals surface area (Å²) in [7, 11) is 0. The monoisotopic (exact) mass is 339 g/mol. The van der Waals surface area contributed by atoms with Gasteiger partial charge >= 0.3 is 0 Å². The zero-order chi connectivity index (χ0) is 15.9. The van der Waals surface area contributed by atoms with E-state index in [1.165, 1.54) is 6.26 Å². The highest BCUT2D eigenvalue weighted by Gasteiger charge is 2.11. The van der Waals surface area contributed by atoms with Crippen molar-refractivity contribution in [1.82, 2.24) is 5.32 Å². The smallest absolute Gasteiger partial charge is 0.220 e. The summed E-state index contributed by atoms with van der Waals surface area (Å²) in [5, 5.41) is 3.92. The van der Waals surface area contributed by atoms with Gasteiger partial charge in [-0.05, 0) is 36.2 Å². The summed E-state index contributed by atoms with van der Waals surface area (Å²) in [6, 6.07) is 8.48. The van der Waals surface area contributed by atoms with Crippen LogP contribution in [-0.4, -0.2) is 18.2 Å². The number of furan rings is 1. The second kappa shape index (κ2) is 8.01. The third-order valence-corrected chi connectivity index (χ3v) is 3.69. The predicted octanol–water partition coefficient (Wildman–Crippen LogP) is 3.91. The van der Waals surface area contributed by atoms with Gasteiger partial charge in [-0.1, -0.05) is 29.3 Å². The number of carbonyl (C=O) groups excluding carboxylic acids is 2. The lowest BCUT2D eigenvalue weighted by Gasteiger charge is -2.07. The lowest BCUT2D eigenvalue weighted by atomic mass is 10.1. The van der Waals surface area contributed by atoms with E-state index in [-0.39, 0.29) is 30.3 Å². The number of hydrogen-bond acceptors (Lipinski definition) is 3. The number of halogens is 2. The number of benzene rings is 1. The Kier molecular flexibility index (Phi) is 6.04. The third kappa shape index (κ3) is 4.90. The van der Waals surface area contributed by atoms with Crippen LogP contribution >= 0.6 is 23.2 Å². The summed E-state index contributed by atoms with van der Waals surface area (Å²) in [5.41, 5.74) is 0.915. The van der Waals surface area contributed by atoms with Crippen molar-refractivity contribution in [2.75, 3.05) is 6.54 Å². The molecule has 1 aromatic carbocycles. The van der Waals surface area contributed by atoms with Crippen molar-refractivity contribution in [3.63, 3.8) is 0 Å². The maximum Gasteiger partial charge on any atom is 0.220 e. The molecule has 22 heavy (non-hydrogen) atoms. The van der Waals surface area contributed by atoms with Crippen molar-refractivity contribution in [3.8, 4) is 0 Å². The summed E-state index contributed by atoms with van der Waals surface area (Å²) >= 11 is 11.9. The molecule has 0 unspecified atom stereocenters. The van der Waals surface area contributed by atoms with E-state index in [2.05, 4.69) is 5.32 Å². The van der Waals surface area contributed by atoms with Crippen molar-refractivity contribution >= 4 is 34.9 Å². The highest BCUT2D eigenvalue weighted by atomic mass is 35.5. The summed E-state index contributed by atoms with van der Waals surface area (Å²) in [6.45, 7) is 0.454. The van der Waals surface area contributed by atoms with Gasteiger partial charge in [0, 0.05) is 29.4 Å². The number of Topliss-reactive ketones (excluding diaryl/α,β-unsaturated/α-hetero) is 1. The highest BCUT2D eigenvalue weighted by molar-refractivity contribution is 6.35. The van der Waals surface area contributed by atoms with Crippen LogP contribution in [0.5, 0.6) is 0 Å². The molecule has 2 rings (SSSR count). The van der Waals surface area contributed by atoms with E-state index in [4.69, 9.17) is 27.6 Å². The maximum absolute atomic E-state index is 11.7. The topological polar surface area (TPSA) is 59.3 Å². The van der Waals surface area contributed by atoms with Gasteiger partial charge in [-0.3, -0.25) is 9.59 Å². The van der Waals surface area contributed by atoms with Crippen molar-refractivity contribution in [2.24, 2.45) is 0 Å². The van der Waals surface area contributed by atoms with Crippen LogP contribution in [-0.2, 0) is 11.2 Å². The second-order valence-electron chi connectivity index (χ2n) is 4.74. The normalized spacial score (nSPS) is 10.5. The van der Waals surface area contributed by atoms with Crippen molar-refractivity contribution in [1.29, 1.82) is 0 Å². The summed E-state index contributed by atoms with van der Waals surface area (Å²) < 4.78 is 4.98. The zero-order valence-corrected chi connectivity index (χ0v) is 13.3. The Labute approximate surface area is 138 Å². The number of hydrogen-bond donors (Lipinski definition) is 1. The van der Waals surface area contributed by atoms with Gasteiger partial charge in [0.2, 0.25) is 5.91 Å².